The van der Waals surface area contributed by atoms with E-state index in [1.807, 2.05) is 24.3 Å². The highest BCUT2D eigenvalue weighted by molar-refractivity contribution is 6.46. The molecule has 8 heteroatoms. The molecule has 7 nitrogen and oxygen atoms in total. The summed E-state index contributed by atoms with van der Waals surface area (Å²) < 4.78 is 11.3. The lowest BCUT2D eigenvalue weighted by molar-refractivity contribution is -0.140. The molecule has 4 rings (SSSR count). The van der Waals surface area contributed by atoms with E-state index < -0.39 is 17.7 Å². The van der Waals surface area contributed by atoms with Gasteiger partial charge < -0.3 is 19.5 Å². The van der Waals surface area contributed by atoms with Gasteiger partial charge in [0.25, 0.3) is 11.7 Å². The van der Waals surface area contributed by atoms with Crippen LogP contribution in [-0.2, 0) is 14.3 Å². The van der Waals surface area contributed by atoms with Gasteiger partial charge in [0.05, 0.1) is 31.4 Å². The summed E-state index contributed by atoms with van der Waals surface area (Å²) in [6.07, 6.45) is 2.65. The third-order valence-corrected chi connectivity index (χ3v) is 6.83. The molecule has 0 spiro atoms. The lowest BCUT2D eigenvalue weighted by atomic mass is 9.95. The Morgan fingerprint density at radius 1 is 1.08 bits per heavy atom. The third-order valence-electron chi connectivity index (χ3n) is 6.58. The van der Waals surface area contributed by atoms with Crippen LogP contribution in [0.1, 0.15) is 43.4 Å². The molecule has 2 aromatic carbocycles. The van der Waals surface area contributed by atoms with Gasteiger partial charge in [0, 0.05) is 36.8 Å². The van der Waals surface area contributed by atoms with Gasteiger partial charge in [-0.05, 0) is 54.8 Å². The van der Waals surface area contributed by atoms with Crippen molar-refractivity contribution in [3.8, 4) is 5.75 Å². The minimum atomic E-state index is -0.708. The number of benzene rings is 2. The predicted molar refractivity (Wildman–Crippen MR) is 139 cm³/mol. The first-order valence-corrected chi connectivity index (χ1v) is 12.9. The van der Waals surface area contributed by atoms with Gasteiger partial charge in [0.2, 0.25) is 0 Å². The number of halogens is 1. The number of nitrogens with zero attached hydrogens (tertiary/aromatic N) is 2. The Balaban J connectivity index is 1.66. The highest BCUT2D eigenvalue weighted by Gasteiger charge is 2.46. The largest absolute Gasteiger partial charge is 0.507 e. The number of hydrogen-bond acceptors (Lipinski definition) is 6. The summed E-state index contributed by atoms with van der Waals surface area (Å²) in [4.78, 5) is 30.3. The number of amides is 1. The minimum absolute atomic E-state index is 0.0828. The second-order valence-electron chi connectivity index (χ2n) is 9.08. The van der Waals surface area contributed by atoms with E-state index in [4.69, 9.17) is 21.1 Å². The highest BCUT2D eigenvalue weighted by Crippen LogP contribution is 2.40. The Labute approximate surface area is 217 Å². The zero-order valence-electron chi connectivity index (χ0n) is 20.6. The Morgan fingerprint density at radius 3 is 2.56 bits per heavy atom. The van der Waals surface area contributed by atoms with Gasteiger partial charge >= 0.3 is 0 Å². The summed E-state index contributed by atoms with van der Waals surface area (Å²) in [7, 11) is 0. The van der Waals surface area contributed by atoms with E-state index >= 15 is 0 Å². The number of carbonyl (C=O) groups excluding carboxylic acids is 2. The van der Waals surface area contributed by atoms with E-state index in [9.17, 15) is 14.7 Å². The molecular formula is C28H33ClN2O5. The van der Waals surface area contributed by atoms with Crippen LogP contribution in [0.5, 0.6) is 5.75 Å². The SMILES string of the molecule is CCCCOc1cccc(C2C(=C(O)c3ccc(Cl)cc3)C(=O)C(=O)N2CCCN2CCOCC2)c1. The number of rotatable bonds is 10. The molecule has 1 N–H and O–H groups in total. The number of aliphatic hydroxyl groups is 1. The molecule has 0 radical (unpaired) electrons. The molecule has 2 fully saturated rings. The van der Waals surface area contributed by atoms with Gasteiger partial charge in [-0.2, -0.15) is 0 Å². The fourth-order valence-electron chi connectivity index (χ4n) is 4.62. The maximum Gasteiger partial charge on any atom is 0.295 e. The zero-order valence-corrected chi connectivity index (χ0v) is 21.4. The fraction of sp³-hybridized carbons (Fsp3) is 0.429. The molecule has 2 saturated heterocycles. The molecule has 0 aliphatic carbocycles. The fourth-order valence-corrected chi connectivity index (χ4v) is 4.74. The van der Waals surface area contributed by atoms with Gasteiger partial charge in [-0.1, -0.05) is 37.1 Å². The van der Waals surface area contributed by atoms with E-state index in [2.05, 4.69) is 11.8 Å². The Morgan fingerprint density at radius 2 is 1.83 bits per heavy atom. The molecule has 1 unspecified atom stereocenters. The second kappa shape index (κ2) is 12.4. The van der Waals surface area contributed by atoms with Crippen molar-refractivity contribution < 1.29 is 24.2 Å². The third kappa shape index (κ3) is 6.09. The lowest BCUT2D eigenvalue weighted by Gasteiger charge is -2.29. The average Bonchev–Trinajstić information content (AvgIpc) is 3.15. The molecule has 1 atom stereocenters. The smallest absolute Gasteiger partial charge is 0.295 e. The molecule has 0 saturated carbocycles. The first-order valence-electron chi connectivity index (χ1n) is 12.6. The van der Waals surface area contributed by atoms with Crippen molar-refractivity contribution in [2.45, 2.75) is 32.2 Å². The lowest BCUT2D eigenvalue weighted by Crippen LogP contribution is -2.38. The number of likely N-dealkylation sites (tertiary alicyclic amines) is 1. The zero-order chi connectivity index (χ0) is 25.5. The van der Waals surface area contributed by atoms with Crippen LogP contribution in [0, 0.1) is 0 Å². The molecule has 2 aliphatic heterocycles. The molecular weight excluding hydrogens is 480 g/mol. The Kier molecular flexibility index (Phi) is 9.02. The van der Waals surface area contributed by atoms with Gasteiger partial charge in [-0.3, -0.25) is 14.5 Å². The monoisotopic (exact) mass is 512 g/mol. The number of ketones is 1. The van der Waals surface area contributed by atoms with Crippen LogP contribution in [0.25, 0.3) is 5.76 Å². The summed E-state index contributed by atoms with van der Waals surface area (Å²) in [5.41, 5.74) is 1.25. The summed E-state index contributed by atoms with van der Waals surface area (Å²) in [6, 6.07) is 13.3. The number of carbonyl (C=O) groups is 2. The van der Waals surface area contributed by atoms with Gasteiger partial charge in [-0.15, -0.1) is 0 Å². The van der Waals surface area contributed by atoms with Crippen molar-refractivity contribution in [1.82, 2.24) is 9.80 Å². The molecule has 2 aromatic rings. The number of aliphatic hydroxyl groups excluding tert-OH is 1. The van der Waals surface area contributed by atoms with E-state index in [1.165, 1.54) is 0 Å². The molecule has 1 amide bonds. The first-order chi connectivity index (χ1) is 17.5. The van der Waals surface area contributed by atoms with Crippen LogP contribution in [-0.4, -0.2) is 72.6 Å². The van der Waals surface area contributed by atoms with Crippen molar-refractivity contribution in [3.05, 3.63) is 70.3 Å². The van der Waals surface area contributed by atoms with Crippen molar-refractivity contribution in [3.63, 3.8) is 0 Å². The normalized spacial score (nSPS) is 20.2. The molecule has 2 heterocycles. The highest BCUT2D eigenvalue weighted by atomic mass is 35.5. The minimum Gasteiger partial charge on any atom is -0.507 e. The van der Waals surface area contributed by atoms with E-state index in [0.29, 0.717) is 49.1 Å². The summed E-state index contributed by atoms with van der Waals surface area (Å²) >= 11 is 6.01. The van der Waals surface area contributed by atoms with Crippen molar-refractivity contribution in [1.29, 1.82) is 0 Å². The van der Waals surface area contributed by atoms with Crippen LogP contribution in [0.4, 0.5) is 0 Å². The number of ether oxygens (including phenoxy) is 2. The standard InChI is InChI=1S/C28H33ClN2O5/c1-2-3-16-36-23-7-4-6-21(19-23)25-24(26(32)20-8-10-22(29)11-9-20)27(33)28(34)31(25)13-5-12-30-14-17-35-18-15-30/h4,6-11,19,25,32H,2-3,5,12-18H2,1H3. The number of unbranched alkanes of at least 4 members (excludes halogenated alkanes) is 1. The molecule has 0 aromatic heterocycles. The summed E-state index contributed by atoms with van der Waals surface area (Å²) in [6.45, 7) is 7.01. The maximum atomic E-state index is 13.2. The quantitative estimate of drug-likeness (QED) is 0.216. The van der Waals surface area contributed by atoms with Crippen molar-refractivity contribution in [2.75, 3.05) is 46.0 Å². The van der Waals surface area contributed by atoms with Gasteiger partial charge in [0.1, 0.15) is 11.5 Å². The van der Waals surface area contributed by atoms with Crippen LogP contribution < -0.4 is 4.74 Å². The molecule has 192 valence electrons. The molecule has 36 heavy (non-hydrogen) atoms. The van der Waals surface area contributed by atoms with Gasteiger partial charge in [-0.25, -0.2) is 0 Å². The van der Waals surface area contributed by atoms with Crippen LogP contribution >= 0.6 is 11.6 Å². The molecule has 2 aliphatic rings. The topological polar surface area (TPSA) is 79.3 Å². The van der Waals surface area contributed by atoms with E-state index in [1.54, 1.807) is 29.2 Å². The maximum absolute atomic E-state index is 13.2. The number of hydrogen-bond donors (Lipinski definition) is 1. The predicted octanol–water partition coefficient (Wildman–Crippen LogP) is 4.66. The number of morpholine rings is 1. The van der Waals surface area contributed by atoms with Crippen LogP contribution in [0.15, 0.2) is 54.1 Å². The van der Waals surface area contributed by atoms with Crippen molar-refractivity contribution in [2.24, 2.45) is 0 Å². The first kappa shape index (κ1) is 26.2. The Hall–Kier alpha value is -2.87. The van der Waals surface area contributed by atoms with E-state index in [-0.39, 0.29) is 11.3 Å². The van der Waals surface area contributed by atoms with Crippen molar-refractivity contribution >= 4 is 29.1 Å². The average molecular weight is 513 g/mol. The second-order valence-corrected chi connectivity index (χ2v) is 9.52. The van der Waals surface area contributed by atoms with E-state index in [0.717, 1.165) is 38.0 Å². The Bertz CT molecular complexity index is 1100. The number of Topliss-reactive ketones (excluding diaryl/α,β-unsaturated/α-hetero) is 1. The summed E-state index contributed by atoms with van der Waals surface area (Å²) in [5.74, 6) is -0.819. The van der Waals surface area contributed by atoms with Crippen LogP contribution in [0.3, 0.4) is 0 Å². The molecule has 0 bridgehead atoms. The van der Waals surface area contributed by atoms with Gasteiger partial charge in [0.15, 0.2) is 0 Å². The van der Waals surface area contributed by atoms with Crippen LogP contribution in [0.2, 0.25) is 5.02 Å². The summed E-state index contributed by atoms with van der Waals surface area (Å²) in [5, 5.41) is 11.7.